The molecule has 1 fully saturated rings. The number of nitrogens with zero attached hydrogens (tertiary/aromatic N) is 2. The highest BCUT2D eigenvalue weighted by molar-refractivity contribution is 5.03. The van der Waals surface area contributed by atoms with Crippen LogP contribution >= 0.6 is 0 Å². The predicted octanol–water partition coefficient (Wildman–Crippen LogP) is 1.23. The molecule has 0 amide bonds. The lowest BCUT2D eigenvalue weighted by molar-refractivity contribution is 0.0470. The molecule has 0 aromatic carbocycles. The second-order valence-corrected chi connectivity index (χ2v) is 4.48. The van der Waals surface area contributed by atoms with Crippen molar-refractivity contribution >= 4 is 0 Å². The first kappa shape index (κ1) is 11.6. The van der Waals surface area contributed by atoms with Crippen molar-refractivity contribution < 1.29 is 9.84 Å². The minimum atomic E-state index is 0.252. The van der Waals surface area contributed by atoms with E-state index >= 15 is 0 Å². The van der Waals surface area contributed by atoms with Crippen LogP contribution in [-0.2, 0) is 17.7 Å². The summed E-state index contributed by atoms with van der Waals surface area (Å²) in [5.41, 5.74) is 1.21. The van der Waals surface area contributed by atoms with Crippen molar-refractivity contribution in [1.82, 2.24) is 9.78 Å². The second-order valence-electron chi connectivity index (χ2n) is 4.48. The topological polar surface area (TPSA) is 47.3 Å². The monoisotopic (exact) mass is 224 g/mol. The first-order valence-corrected chi connectivity index (χ1v) is 6.08. The first-order chi connectivity index (χ1) is 7.88. The Morgan fingerprint density at radius 1 is 1.56 bits per heavy atom. The molecule has 90 valence electrons. The number of rotatable bonds is 5. The Hall–Kier alpha value is -0.870. The molecule has 1 N–H and O–H groups in total. The Labute approximate surface area is 96.2 Å². The molecule has 1 aromatic heterocycles. The van der Waals surface area contributed by atoms with E-state index in [4.69, 9.17) is 9.84 Å². The van der Waals surface area contributed by atoms with E-state index in [2.05, 4.69) is 11.3 Å². The number of aryl methyl sites for hydroxylation is 1. The van der Waals surface area contributed by atoms with Gasteiger partial charge < -0.3 is 9.84 Å². The summed E-state index contributed by atoms with van der Waals surface area (Å²) in [6.07, 6.45) is 8.13. The Morgan fingerprint density at radius 2 is 2.50 bits per heavy atom. The third-order valence-corrected chi connectivity index (χ3v) is 3.01. The molecular formula is C12H20N2O2. The van der Waals surface area contributed by atoms with Gasteiger partial charge in [0.15, 0.2) is 0 Å². The van der Waals surface area contributed by atoms with Gasteiger partial charge in [0.25, 0.3) is 0 Å². The number of aliphatic hydroxyl groups is 1. The van der Waals surface area contributed by atoms with Gasteiger partial charge in [-0.15, -0.1) is 0 Å². The molecule has 2 heterocycles. The summed E-state index contributed by atoms with van der Waals surface area (Å²) < 4.78 is 7.46. The maximum atomic E-state index is 8.75. The van der Waals surface area contributed by atoms with Crippen LogP contribution in [0.4, 0.5) is 0 Å². The fourth-order valence-corrected chi connectivity index (χ4v) is 2.13. The minimum absolute atomic E-state index is 0.252. The van der Waals surface area contributed by atoms with Gasteiger partial charge in [0.05, 0.1) is 12.8 Å². The molecule has 4 nitrogen and oxygen atoms in total. The number of ether oxygens (including phenoxy) is 1. The van der Waals surface area contributed by atoms with E-state index in [9.17, 15) is 0 Å². The Balaban J connectivity index is 1.81. The van der Waals surface area contributed by atoms with Crippen LogP contribution in [0, 0.1) is 5.92 Å². The van der Waals surface area contributed by atoms with E-state index in [1.807, 2.05) is 10.9 Å². The average molecular weight is 224 g/mol. The minimum Gasteiger partial charge on any atom is -0.396 e. The molecule has 16 heavy (non-hydrogen) atoms. The van der Waals surface area contributed by atoms with Gasteiger partial charge in [-0.1, -0.05) is 0 Å². The van der Waals surface area contributed by atoms with E-state index < -0.39 is 0 Å². The van der Waals surface area contributed by atoms with E-state index in [0.29, 0.717) is 5.92 Å². The maximum absolute atomic E-state index is 8.75. The standard InChI is InChI=1S/C12H20N2O2/c15-5-1-3-11-7-13-14(8-11)9-12-4-2-6-16-10-12/h7-8,12,15H,1-6,9-10H2. The number of aliphatic hydroxyl groups excluding tert-OH is 1. The number of aromatic nitrogens is 2. The zero-order valence-corrected chi connectivity index (χ0v) is 9.64. The van der Waals surface area contributed by atoms with Crippen LogP contribution in [0.3, 0.4) is 0 Å². The normalized spacial score (nSPS) is 21.2. The summed E-state index contributed by atoms with van der Waals surface area (Å²) in [4.78, 5) is 0. The Kier molecular flexibility index (Phi) is 4.36. The van der Waals surface area contributed by atoms with Crippen LogP contribution in [0.2, 0.25) is 0 Å². The third kappa shape index (κ3) is 3.32. The van der Waals surface area contributed by atoms with E-state index in [1.54, 1.807) is 0 Å². The lowest BCUT2D eigenvalue weighted by Gasteiger charge is -2.21. The predicted molar refractivity (Wildman–Crippen MR) is 61.2 cm³/mol. The largest absolute Gasteiger partial charge is 0.396 e. The Morgan fingerprint density at radius 3 is 3.25 bits per heavy atom. The molecule has 1 aromatic rings. The second kappa shape index (κ2) is 6.01. The zero-order chi connectivity index (χ0) is 11.2. The fourth-order valence-electron chi connectivity index (χ4n) is 2.13. The van der Waals surface area contributed by atoms with Crippen molar-refractivity contribution in [2.75, 3.05) is 19.8 Å². The highest BCUT2D eigenvalue weighted by Gasteiger charge is 2.14. The van der Waals surface area contributed by atoms with Gasteiger partial charge in [-0.3, -0.25) is 4.68 Å². The van der Waals surface area contributed by atoms with Crippen LogP contribution in [0.25, 0.3) is 0 Å². The lowest BCUT2D eigenvalue weighted by atomic mass is 10.0. The van der Waals surface area contributed by atoms with Crippen molar-refractivity contribution in [3.05, 3.63) is 18.0 Å². The SMILES string of the molecule is OCCCc1cnn(CC2CCCOC2)c1. The molecule has 0 spiro atoms. The average Bonchev–Trinajstić information content (AvgIpc) is 2.75. The Bertz CT molecular complexity index is 306. The van der Waals surface area contributed by atoms with Gasteiger partial charge in [-0.2, -0.15) is 5.10 Å². The van der Waals surface area contributed by atoms with Gasteiger partial charge in [-0.25, -0.2) is 0 Å². The summed E-state index contributed by atoms with van der Waals surface area (Å²) in [6, 6.07) is 0. The van der Waals surface area contributed by atoms with Gasteiger partial charge in [-0.05, 0) is 31.2 Å². The number of hydrogen-bond acceptors (Lipinski definition) is 3. The van der Waals surface area contributed by atoms with Crippen molar-refractivity contribution in [3.8, 4) is 0 Å². The highest BCUT2D eigenvalue weighted by atomic mass is 16.5. The molecule has 0 radical (unpaired) electrons. The van der Waals surface area contributed by atoms with Gasteiger partial charge in [0.1, 0.15) is 0 Å². The van der Waals surface area contributed by atoms with Crippen LogP contribution in [0.5, 0.6) is 0 Å². The first-order valence-electron chi connectivity index (χ1n) is 6.08. The van der Waals surface area contributed by atoms with Crippen LogP contribution < -0.4 is 0 Å². The quantitative estimate of drug-likeness (QED) is 0.818. The molecule has 1 unspecified atom stereocenters. The van der Waals surface area contributed by atoms with Gasteiger partial charge >= 0.3 is 0 Å². The molecule has 1 saturated heterocycles. The third-order valence-electron chi connectivity index (χ3n) is 3.01. The lowest BCUT2D eigenvalue weighted by Crippen LogP contribution is -2.22. The van der Waals surface area contributed by atoms with Crippen LogP contribution in [0.1, 0.15) is 24.8 Å². The highest BCUT2D eigenvalue weighted by Crippen LogP contribution is 2.15. The molecular weight excluding hydrogens is 204 g/mol. The van der Waals surface area contributed by atoms with Crippen molar-refractivity contribution in [2.45, 2.75) is 32.2 Å². The van der Waals surface area contributed by atoms with Crippen LogP contribution in [0.15, 0.2) is 12.4 Å². The molecule has 2 rings (SSSR count). The fraction of sp³-hybridized carbons (Fsp3) is 0.750. The summed E-state index contributed by atoms with van der Waals surface area (Å²) in [7, 11) is 0. The van der Waals surface area contributed by atoms with E-state index in [-0.39, 0.29) is 6.61 Å². The van der Waals surface area contributed by atoms with Gasteiger partial charge in [0.2, 0.25) is 0 Å². The summed E-state index contributed by atoms with van der Waals surface area (Å²) >= 11 is 0. The van der Waals surface area contributed by atoms with Crippen molar-refractivity contribution in [3.63, 3.8) is 0 Å². The van der Waals surface area contributed by atoms with Crippen molar-refractivity contribution in [2.24, 2.45) is 5.92 Å². The molecule has 4 heteroatoms. The smallest absolute Gasteiger partial charge is 0.0521 e. The van der Waals surface area contributed by atoms with E-state index in [1.165, 1.54) is 18.4 Å². The molecule has 0 bridgehead atoms. The van der Waals surface area contributed by atoms with E-state index in [0.717, 1.165) is 32.6 Å². The zero-order valence-electron chi connectivity index (χ0n) is 9.64. The maximum Gasteiger partial charge on any atom is 0.0521 e. The summed E-state index contributed by atoms with van der Waals surface area (Å²) in [5, 5.41) is 13.1. The van der Waals surface area contributed by atoms with Gasteiger partial charge in [0, 0.05) is 31.9 Å². The molecule has 1 aliphatic rings. The number of hydrogen-bond donors (Lipinski definition) is 1. The van der Waals surface area contributed by atoms with Crippen LogP contribution in [-0.4, -0.2) is 34.7 Å². The molecule has 1 atom stereocenters. The molecule has 0 saturated carbocycles. The molecule has 1 aliphatic heterocycles. The van der Waals surface area contributed by atoms with Crippen molar-refractivity contribution in [1.29, 1.82) is 0 Å². The summed E-state index contributed by atoms with van der Waals surface area (Å²) in [5.74, 6) is 0.611. The summed E-state index contributed by atoms with van der Waals surface area (Å²) in [6.45, 7) is 2.99. The molecule has 0 aliphatic carbocycles.